The van der Waals surface area contributed by atoms with E-state index >= 15 is 0 Å². The van der Waals surface area contributed by atoms with Crippen LogP contribution in [0.3, 0.4) is 0 Å². The number of nitrogens with two attached hydrogens (primary N) is 1. The Kier molecular flexibility index (Phi) is 3.31. The first-order chi connectivity index (χ1) is 8.15. The van der Waals surface area contributed by atoms with Crippen molar-refractivity contribution in [2.75, 3.05) is 25.3 Å². The number of methoxy groups -OCH3 is 2. The van der Waals surface area contributed by atoms with Gasteiger partial charge in [0.05, 0.1) is 25.6 Å². The normalized spacial score (nSPS) is 16.4. The van der Waals surface area contributed by atoms with Gasteiger partial charge < -0.3 is 20.5 Å². The minimum absolute atomic E-state index is 0.454. The first-order valence-corrected chi connectivity index (χ1v) is 5.93. The maximum Gasteiger partial charge on any atom is 0.162 e. The summed E-state index contributed by atoms with van der Waals surface area (Å²) in [6.07, 6.45) is 2.61. The molecule has 4 heteroatoms. The molecule has 1 aliphatic carbocycles. The van der Waals surface area contributed by atoms with Gasteiger partial charge in [-0.25, -0.2) is 0 Å². The van der Waals surface area contributed by atoms with Crippen LogP contribution < -0.4 is 20.5 Å². The van der Waals surface area contributed by atoms with Gasteiger partial charge >= 0.3 is 0 Å². The number of nitrogen functional groups attached to an aromatic ring is 1. The highest BCUT2D eigenvalue weighted by Gasteiger charge is 2.28. The van der Waals surface area contributed by atoms with Gasteiger partial charge in [0.1, 0.15) is 0 Å². The van der Waals surface area contributed by atoms with Gasteiger partial charge in [0.15, 0.2) is 11.5 Å². The number of hydrogen-bond donors (Lipinski definition) is 2. The zero-order valence-electron chi connectivity index (χ0n) is 10.6. The minimum atomic E-state index is 0.454. The van der Waals surface area contributed by atoms with Crippen molar-refractivity contribution in [1.29, 1.82) is 0 Å². The van der Waals surface area contributed by atoms with Crippen molar-refractivity contribution in [3.8, 4) is 11.5 Å². The van der Waals surface area contributed by atoms with Crippen LogP contribution in [0, 0.1) is 5.92 Å². The molecule has 0 bridgehead atoms. The summed E-state index contributed by atoms with van der Waals surface area (Å²) in [4.78, 5) is 0. The van der Waals surface area contributed by atoms with Crippen molar-refractivity contribution in [2.24, 2.45) is 5.92 Å². The average Bonchev–Trinajstić information content (AvgIpc) is 3.15. The first kappa shape index (κ1) is 11.9. The van der Waals surface area contributed by atoms with Crippen molar-refractivity contribution in [1.82, 2.24) is 0 Å². The van der Waals surface area contributed by atoms with Crippen LogP contribution in [0.1, 0.15) is 19.8 Å². The summed E-state index contributed by atoms with van der Waals surface area (Å²) < 4.78 is 10.5. The highest BCUT2D eigenvalue weighted by Crippen LogP contribution is 2.38. The van der Waals surface area contributed by atoms with E-state index in [4.69, 9.17) is 15.2 Å². The lowest BCUT2D eigenvalue weighted by Gasteiger charge is -2.18. The summed E-state index contributed by atoms with van der Waals surface area (Å²) in [5.74, 6) is 2.14. The molecule has 0 aliphatic heterocycles. The third-order valence-electron chi connectivity index (χ3n) is 3.27. The molecule has 0 saturated heterocycles. The lowest BCUT2D eigenvalue weighted by Crippen LogP contribution is -2.18. The Morgan fingerprint density at radius 3 is 2.35 bits per heavy atom. The van der Waals surface area contributed by atoms with Gasteiger partial charge in [0.2, 0.25) is 0 Å². The van der Waals surface area contributed by atoms with Crippen molar-refractivity contribution < 1.29 is 9.47 Å². The van der Waals surface area contributed by atoms with Gasteiger partial charge in [-0.15, -0.1) is 0 Å². The largest absolute Gasteiger partial charge is 0.493 e. The van der Waals surface area contributed by atoms with Crippen LogP contribution in [0.15, 0.2) is 12.1 Å². The molecular formula is C13H20N2O2. The van der Waals surface area contributed by atoms with E-state index in [2.05, 4.69) is 12.2 Å². The molecule has 1 unspecified atom stereocenters. The molecule has 1 saturated carbocycles. The van der Waals surface area contributed by atoms with Gasteiger partial charge in [0, 0.05) is 18.2 Å². The van der Waals surface area contributed by atoms with Crippen LogP contribution in [0.25, 0.3) is 0 Å². The standard InChI is InChI=1S/C13H20N2O2/c1-8(9-4-5-9)15-11-7-13(17-3)12(16-2)6-10(11)14/h6-9,15H,4-5,14H2,1-3H3. The topological polar surface area (TPSA) is 56.5 Å². The van der Waals surface area contributed by atoms with E-state index < -0.39 is 0 Å². The maximum absolute atomic E-state index is 5.99. The third-order valence-corrected chi connectivity index (χ3v) is 3.27. The Morgan fingerprint density at radius 1 is 1.24 bits per heavy atom. The van der Waals surface area contributed by atoms with Crippen LogP contribution in [0.4, 0.5) is 11.4 Å². The Morgan fingerprint density at radius 2 is 1.82 bits per heavy atom. The number of anilines is 2. The molecule has 3 N–H and O–H groups in total. The molecule has 1 aromatic carbocycles. The molecule has 0 heterocycles. The zero-order valence-corrected chi connectivity index (χ0v) is 10.6. The van der Waals surface area contributed by atoms with Crippen molar-refractivity contribution in [3.63, 3.8) is 0 Å². The number of hydrogen-bond acceptors (Lipinski definition) is 4. The molecule has 2 rings (SSSR count). The molecule has 94 valence electrons. The lowest BCUT2D eigenvalue weighted by atomic mass is 10.1. The molecule has 0 amide bonds. The van der Waals surface area contributed by atoms with Crippen molar-refractivity contribution >= 4 is 11.4 Å². The molecule has 4 nitrogen and oxygen atoms in total. The monoisotopic (exact) mass is 236 g/mol. The zero-order chi connectivity index (χ0) is 12.4. The first-order valence-electron chi connectivity index (χ1n) is 5.93. The van der Waals surface area contributed by atoms with E-state index in [-0.39, 0.29) is 0 Å². The molecule has 17 heavy (non-hydrogen) atoms. The smallest absolute Gasteiger partial charge is 0.162 e. The van der Waals surface area contributed by atoms with Crippen LogP contribution in [0.5, 0.6) is 11.5 Å². The van der Waals surface area contributed by atoms with E-state index in [0.717, 1.165) is 11.6 Å². The quantitative estimate of drug-likeness (QED) is 0.771. The van der Waals surface area contributed by atoms with Gasteiger partial charge in [-0.1, -0.05) is 0 Å². The molecule has 1 atom stereocenters. The van der Waals surface area contributed by atoms with E-state index in [1.165, 1.54) is 12.8 Å². The van der Waals surface area contributed by atoms with Crippen LogP contribution >= 0.6 is 0 Å². The summed E-state index contributed by atoms with van der Waals surface area (Å²) in [6.45, 7) is 2.19. The Labute approximate surface area is 102 Å². The van der Waals surface area contributed by atoms with E-state index in [1.54, 1.807) is 20.3 Å². The highest BCUT2D eigenvalue weighted by molar-refractivity contribution is 5.72. The second kappa shape index (κ2) is 4.73. The van der Waals surface area contributed by atoms with Crippen LogP contribution in [-0.4, -0.2) is 20.3 Å². The van der Waals surface area contributed by atoms with Crippen molar-refractivity contribution in [2.45, 2.75) is 25.8 Å². The van der Waals surface area contributed by atoms with Gasteiger partial charge in [-0.3, -0.25) is 0 Å². The maximum atomic E-state index is 5.99. The Hall–Kier alpha value is -1.58. The number of rotatable bonds is 5. The summed E-state index contributed by atoms with van der Waals surface area (Å²) >= 11 is 0. The summed E-state index contributed by atoms with van der Waals surface area (Å²) in [5.41, 5.74) is 7.60. The van der Waals surface area contributed by atoms with E-state index in [1.807, 2.05) is 6.07 Å². The van der Waals surface area contributed by atoms with Crippen molar-refractivity contribution in [3.05, 3.63) is 12.1 Å². The van der Waals surface area contributed by atoms with E-state index in [0.29, 0.717) is 23.2 Å². The predicted octanol–water partition coefficient (Wildman–Crippen LogP) is 2.50. The fourth-order valence-corrected chi connectivity index (χ4v) is 1.98. The molecule has 0 spiro atoms. The third kappa shape index (κ3) is 2.57. The summed E-state index contributed by atoms with van der Waals surface area (Å²) in [5, 5.41) is 3.44. The van der Waals surface area contributed by atoms with Crippen LogP contribution in [-0.2, 0) is 0 Å². The number of ether oxygens (including phenoxy) is 2. The number of nitrogens with one attached hydrogen (secondary N) is 1. The highest BCUT2D eigenvalue weighted by atomic mass is 16.5. The molecular weight excluding hydrogens is 216 g/mol. The van der Waals surface area contributed by atoms with Gasteiger partial charge in [-0.2, -0.15) is 0 Å². The molecule has 0 aromatic heterocycles. The Bertz CT molecular complexity index is 403. The molecule has 1 aliphatic rings. The Balaban J connectivity index is 2.20. The lowest BCUT2D eigenvalue weighted by molar-refractivity contribution is 0.355. The van der Waals surface area contributed by atoms with Gasteiger partial charge in [0.25, 0.3) is 0 Å². The SMILES string of the molecule is COc1cc(N)c(NC(C)C2CC2)cc1OC. The fourth-order valence-electron chi connectivity index (χ4n) is 1.98. The average molecular weight is 236 g/mol. The minimum Gasteiger partial charge on any atom is -0.493 e. The molecule has 1 aromatic rings. The number of benzene rings is 1. The van der Waals surface area contributed by atoms with Crippen LogP contribution in [0.2, 0.25) is 0 Å². The molecule has 0 radical (unpaired) electrons. The molecule has 1 fully saturated rings. The summed E-state index contributed by atoms with van der Waals surface area (Å²) in [6, 6.07) is 4.14. The van der Waals surface area contributed by atoms with Gasteiger partial charge in [-0.05, 0) is 25.7 Å². The van der Waals surface area contributed by atoms with E-state index in [9.17, 15) is 0 Å². The predicted molar refractivity (Wildman–Crippen MR) is 69.8 cm³/mol. The second-order valence-corrected chi connectivity index (χ2v) is 4.56. The summed E-state index contributed by atoms with van der Waals surface area (Å²) in [7, 11) is 3.24. The fraction of sp³-hybridized carbons (Fsp3) is 0.538. The second-order valence-electron chi connectivity index (χ2n) is 4.56.